The van der Waals surface area contributed by atoms with Crippen molar-refractivity contribution in [3.8, 4) is 0 Å². The number of H-pyrrole nitrogens is 1. The lowest BCUT2D eigenvalue weighted by atomic mass is 10.1. The number of aryl methyl sites for hydroxylation is 2. The van der Waals surface area contributed by atoms with E-state index in [1.165, 1.54) is 0 Å². The summed E-state index contributed by atoms with van der Waals surface area (Å²) in [6.45, 7) is 6.26. The highest BCUT2D eigenvalue weighted by Crippen LogP contribution is 2.18. The lowest BCUT2D eigenvalue weighted by Gasteiger charge is -2.15. The highest BCUT2D eigenvalue weighted by Gasteiger charge is 2.22. The maximum absolute atomic E-state index is 12.0. The first-order valence-corrected chi connectivity index (χ1v) is 7.57. The third-order valence-electron chi connectivity index (χ3n) is 3.67. The van der Waals surface area contributed by atoms with Crippen LogP contribution >= 0.6 is 0 Å². The van der Waals surface area contributed by atoms with Gasteiger partial charge in [0.2, 0.25) is 5.91 Å². The van der Waals surface area contributed by atoms with Crippen LogP contribution in [0.25, 0.3) is 0 Å². The number of aromatic amines is 1. The summed E-state index contributed by atoms with van der Waals surface area (Å²) >= 11 is 0. The van der Waals surface area contributed by atoms with Crippen LogP contribution in [-0.4, -0.2) is 28.5 Å². The highest BCUT2D eigenvalue weighted by atomic mass is 16.1. The second-order valence-corrected chi connectivity index (χ2v) is 5.77. The first-order chi connectivity index (χ1) is 9.97. The van der Waals surface area contributed by atoms with Crippen molar-refractivity contribution in [1.82, 2.24) is 20.6 Å². The molecule has 6 nitrogen and oxygen atoms in total. The zero-order chi connectivity index (χ0) is 15.4. The van der Waals surface area contributed by atoms with Gasteiger partial charge in [0, 0.05) is 24.2 Å². The molecule has 0 saturated heterocycles. The zero-order valence-electron chi connectivity index (χ0n) is 13.0. The Bertz CT molecular complexity index is 563. The minimum Gasteiger partial charge on any atom is -0.353 e. The standard InChI is InChI=1S/C15H24N4O2/c1-9(14-10(2)17-11(3)18-15(14)21)16-8-4-5-13(20)19-12-6-7-12/h9,12,16H,4-8H2,1-3H3,(H,19,20)(H,17,18,21). The predicted molar refractivity (Wildman–Crippen MR) is 81.1 cm³/mol. The quantitative estimate of drug-likeness (QED) is 0.657. The Balaban J connectivity index is 1.77. The van der Waals surface area contributed by atoms with Gasteiger partial charge in [-0.1, -0.05) is 0 Å². The Hall–Kier alpha value is -1.69. The molecule has 1 heterocycles. The summed E-state index contributed by atoms with van der Waals surface area (Å²) in [5.41, 5.74) is 1.33. The van der Waals surface area contributed by atoms with Gasteiger partial charge in [-0.2, -0.15) is 0 Å². The Kier molecular flexibility index (Phi) is 5.12. The van der Waals surface area contributed by atoms with E-state index >= 15 is 0 Å². The van der Waals surface area contributed by atoms with Crippen molar-refractivity contribution in [3.05, 3.63) is 27.4 Å². The molecule has 1 saturated carbocycles. The number of hydrogen-bond acceptors (Lipinski definition) is 4. The van der Waals surface area contributed by atoms with Crippen LogP contribution in [0, 0.1) is 13.8 Å². The molecule has 1 atom stereocenters. The average molecular weight is 292 g/mol. The number of amides is 1. The molecule has 1 aromatic rings. The van der Waals surface area contributed by atoms with Crippen LogP contribution in [0.4, 0.5) is 0 Å². The van der Waals surface area contributed by atoms with Gasteiger partial charge in [-0.05, 0) is 46.6 Å². The second kappa shape index (κ2) is 6.85. The smallest absolute Gasteiger partial charge is 0.255 e. The molecular weight excluding hydrogens is 268 g/mol. The summed E-state index contributed by atoms with van der Waals surface area (Å²) in [4.78, 5) is 30.5. The van der Waals surface area contributed by atoms with E-state index in [0.29, 0.717) is 30.4 Å². The molecule has 1 aromatic heterocycles. The Morgan fingerprint density at radius 3 is 2.76 bits per heavy atom. The lowest BCUT2D eigenvalue weighted by Crippen LogP contribution is -2.30. The van der Waals surface area contributed by atoms with E-state index in [4.69, 9.17) is 0 Å². The fourth-order valence-electron chi connectivity index (χ4n) is 2.44. The third kappa shape index (κ3) is 4.67. The minimum atomic E-state index is -0.0912. The zero-order valence-corrected chi connectivity index (χ0v) is 13.0. The van der Waals surface area contributed by atoms with Crippen LogP contribution in [0.2, 0.25) is 0 Å². The van der Waals surface area contributed by atoms with Crippen molar-refractivity contribution < 1.29 is 4.79 Å². The van der Waals surface area contributed by atoms with Crippen LogP contribution in [0.1, 0.15) is 55.7 Å². The normalized spacial score (nSPS) is 15.8. The van der Waals surface area contributed by atoms with Crippen LogP contribution in [0.15, 0.2) is 4.79 Å². The molecule has 1 aliphatic carbocycles. The van der Waals surface area contributed by atoms with E-state index < -0.39 is 0 Å². The molecule has 0 radical (unpaired) electrons. The molecule has 6 heteroatoms. The summed E-state index contributed by atoms with van der Waals surface area (Å²) in [6.07, 6.45) is 3.52. The van der Waals surface area contributed by atoms with Crippen molar-refractivity contribution in [2.24, 2.45) is 0 Å². The number of carbonyl (C=O) groups is 1. The van der Waals surface area contributed by atoms with Crippen molar-refractivity contribution in [2.45, 2.75) is 58.5 Å². The number of nitrogens with one attached hydrogen (secondary N) is 3. The SMILES string of the molecule is Cc1nc(C)c(C(C)NCCCC(=O)NC2CC2)c(=O)[nH]1. The third-order valence-corrected chi connectivity index (χ3v) is 3.67. The van der Waals surface area contributed by atoms with Crippen molar-refractivity contribution >= 4 is 5.91 Å². The van der Waals surface area contributed by atoms with Gasteiger partial charge in [-0.25, -0.2) is 4.98 Å². The van der Waals surface area contributed by atoms with Crippen LogP contribution in [-0.2, 0) is 4.79 Å². The lowest BCUT2D eigenvalue weighted by molar-refractivity contribution is -0.121. The molecule has 0 aromatic carbocycles. The Labute approximate surface area is 124 Å². The van der Waals surface area contributed by atoms with Gasteiger partial charge in [0.15, 0.2) is 0 Å². The van der Waals surface area contributed by atoms with Gasteiger partial charge in [0.25, 0.3) is 5.56 Å². The highest BCUT2D eigenvalue weighted by molar-refractivity contribution is 5.76. The summed E-state index contributed by atoms with van der Waals surface area (Å²) in [6, 6.07) is 0.345. The molecule has 3 N–H and O–H groups in total. The fourth-order valence-corrected chi connectivity index (χ4v) is 2.44. The van der Waals surface area contributed by atoms with Crippen LogP contribution in [0.3, 0.4) is 0 Å². The summed E-state index contributed by atoms with van der Waals surface area (Å²) < 4.78 is 0. The van der Waals surface area contributed by atoms with E-state index in [1.807, 2.05) is 13.8 Å². The fraction of sp³-hybridized carbons (Fsp3) is 0.667. The average Bonchev–Trinajstić information content (AvgIpc) is 3.17. The molecule has 0 spiro atoms. The topological polar surface area (TPSA) is 86.9 Å². The molecule has 21 heavy (non-hydrogen) atoms. The van der Waals surface area contributed by atoms with Gasteiger partial charge in [0.1, 0.15) is 5.82 Å². The van der Waals surface area contributed by atoms with E-state index in [9.17, 15) is 9.59 Å². The maximum atomic E-state index is 12.0. The molecule has 1 unspecified atom stereocenters. The van der Waals surface area contributed by atoms with Crippen molar-refractivity contribution in [3.63, 3.8) is 0 Å². The van der Waals surface area contributed by atoms with Crippen molar-refractivity contribution in [1.29, 1.82) is 0 Å². The molecule has 116 valence electrons. The molecule has 0 bridgehead atoms. The molecule has 2 rings (SSSR count). The number of hydrogen-bond donors (Lipinski definition) is 3. The number of rotatable bonds is 7. The Morgan fingerprint density at radius 2 is 2.14 bits per heavy atom. The van der Waals surface area contributed by atoms with Gasteiger partial charge in [-0.15, -0.1) is 0 Å². The summed E-state index contributed by atoms with van der Waals surface area (Å²) in [5.74, 6) is 0.753. The first-order valence-electron chi connectivity index (χ1n) is 7.57. The maximum Gasteiger partial charge on any atom is 0.255 e. The number of aromatic nitrogens is 2. The molecule has 1 amide bonds. The minimum absolute atomic E-state index is 0.0756. The van der Waals surface area contributed by atoms with E-state index in [-0.39, 0.29) is 17.5 Å². The number of carbonyl (C=O) groups excluding carboxylic acids is 1. The monoisotopic (exact) mass is 292 g/mol. The van der Waals surface area contributed by atoms with Crippen LogP contribution < -0.4 is 16.2 Å². The molecule has 1 fully saturated rings. The van der Waals surface area contributed by atoms with Gasteiger partial charge >= 0.3 is 0 Å². The van der Waals surface area contributed by atoms with Crippen LogP contribution in [0.5, 0.6) is 0 Å². The van der Waals surface area contributed by atoms with E-state index in [0.717, 1.165) is 25.0 Å². The van der Waals surface area contributed by atoms with E-state index in [2.05, 4.69) is 20.6 Å². The molecular formula is C15H24N4O2. The predicted octanol–water partition coefficient (Wildman–Crippen LogP) is 1.10. The largest absolute Gasteiger partial charge is 0.353 e. The summed E-state index contributed by atoms with van der Waals surface area (Å²) in [5, 5.41) is 6.25. The summed E-state index contributed by atoms with van der Waals surface area (Å²) in [7, 11) is 0. The molecule has 1 aliphatic rings. The van der Waals surface area contributed by atoms with Gasteiger partial charge in [-0.3, -0.25) is 9.59 Å². The van der Waals surface area contributed by atoms with E-state index in [1.54, 1.807) is 6.92 Å². The molecule has 0 aliphatic heterocycles. The second-order valence-electron chi connectivity index (χ2n) is 5.77. The van der Waals surface area contributed by atoms with Gasteiger partial charge < -0.3 is 15.6 Å². The van der Waals surface area contributed by atoms with Gasteiger partial charge in [0.05, 0.1) is 5.56 Å². The number of nitrogens with zero attached hydrogens (tertiary/aromatic N) is 1. The first kappa shape index (κ1) is 15.7. The Morgan fingerprint density at radius 1 is 1.43 bits per heavy atom. The van der Waals surface area contributed by atoms with Crippen molar-refractivity contribution in [2.75, 3.05) is 6.54 Å².